The monoisotopic (exact) mass is 545 g/mol. The van der Waals surface area contributed by atoms with Crippen LogP contribution in [-0.2, 0) is 11.8 Å². The molecule has 0 amide bonds. The number of anilines is 2. The lowest BCUT2D eigenvalue weighted by Gasteiger charge is -2.37. The maximum Gasteiger partial charge on any atom is 0.173 e. The summed E-state index contributed by atoms with van der Waals surface area (Å²) in [4.78, 5) is 15.3. The molecule has 206 valence electrons. The van der Waals surface area contributed by atoms with Crippen LogP contribution in [0.4, 0.5) is 16.0 Å². The zero-order valence-electron chi connectivity index (χ0n) is 21.6. The van der Waals surface area contributed by atoms with Gasteiger partial charge in [-0.1, -0.05) is 0 Å². The Kier molecular flexibility index (Phi) is 5.80. The first-order valence-corrected chi connectivity index (χ1v) is 13.0. The molecule has 0 spiro atoms. The number of hydrogen-bond donors (Lipinski definition) is 3. The highest BCUT2D eigenvalue weighted by atomic mass is 19.1. The molecule has 0 saturated carbocycles. The highest BCUT2D eigenvalue weighted by Crippen LogP contribution is 2.39. The lowest BCUT2D eigenvalue weighted by atomic mass is 10.1. The average molecular weight is 546 g/mol. The molecular formula is C27H28FN9O3. The number of pyridine rings is 1. The molecule has 0 unspecified atom stereocenters. The van der Waals surface area contributed by atoms with Crippen LogP contribution in [0.25, 0.3) is 33.2 Å². The van der Waals surface area contributed by atoms with Crippen molar-refractivity contribution in [2.24, 2.45) is 12.8 Å². The van der Waals surface area contributed by atoms with Crippen molar-refractivity contribution in [2.45, 2.75) is 30.6 Å². The molecule has 4 atom stereocenters. The summed E-state index contributed by atoms with van der Waals surface area (Å²) in [5.41, 5.74) is 14.5. The third kappa shape index (κ3) is 4.10. The minimum absolute atomic E-state index is 0.0618. The van der Waals surface area contributed by atoms with Crippen LogP contribution in [0.15, 0.2) is 55.1 Å². The van der Waals surface area contributed by atoms with E-state index < -0.39 is 24.6 Å². The van der Waals surface area contributed by atoms with Crippen LogP contribution in [0.2, 0.25) is 0 Å². The molecule has 2 fully saturated rings. The Balaban J connectivity index is 1.12. The fourth-order valence-electron chi connectivity index (χ4n) is 5.35. The van der Waals surface area contributed by atoms with Crippen LogP contribution in [0, 0.1) is 0 Å². The number of aliphatic hydroxyl groups excluding tert-OH is 1. The summed E-state index contributed by atoms with van der Waals surface area (Å²) in [6.45, 7) is 1.49. The number of aromatic nitrogens is 6. The summed E-state index contributed by atoms with van der Waals surface area (Å²) in [6.07, 6.45) is -0.438. The fourth-order valence-corrected chi connectivity index (χ4v) is 5.35. The summed E-state index contributed by atoms with van der Waals surface area (Å²) in [6, 6.07) is 11.5. The first kappa shape index (κ1) is 24.7. The van der Waals surface area contributed by atoms with Gasteiger partial charge in [0.25, 0.3) is 0 Å². The van der Waals surface area contributed by atoms with E-state index in [1.807, 2.05) is 36.4 Å². The molecule has 0 radical (unpaired) electrons. The predicted octanol–water partition coefficient (Wildman–Crippen LogP) is 1.78. The maximum atomic E-state index is 15.5. The van der Waals surface area contributed by atoms with Gasteiger partial charge in [-0.15, -0.1) is 0 Å². The predicted molar refractivity (Wildman–Crippen MR) is 146 cm³/mol. The molecule has 5 aromatic rings. The van der Waals surface area contributed by atoms with Crippen LogP contribution in [0.5, 0.6) is 5.75 Å². The molecule has 2 aliphatic heterocycles. The van der Waals surface area contributed by atoms with Gasteiger partial charge in [0.1, 0.15) is 48.2 Å². The van der Waals surface area contributed by atoms with Crippen molar-refractivity contribution in [1.29, 1.82) is 0 Å². The van der Waals surface area contributed by atoms with Gasteiger partial charge < -0.3 is 35.5 Å². The molecule has 7 rings (SSSR count). The number of ether oxygens (including phenoxy) is 2. The molecule has 2 aliphatic rings. The fraction of sp³-hybridized carbons (Fsp3) is 0.333. The van der Waals surface area contributed by atoms with E-state index in [1.165, 1.54) is 10.9 Å². The second-order valence-corrected chi connectivity index (χ2v) is 10.3. The zero-order chi connectivity index (χ0) is 27.5. The van der Waals surface area contributed by atoms with Crippen LogP contribution < -0.4 is 21.1 Å². The largest absolute Gasteiger partial charge is 0.491 e. The molecule has 1 aromatic carbocycles. The highest BCUT2D eigenvalue weighted by molar-refractivity contribution is 5.99. The Bertz CT molecular complexity index is 1720. The first-order chi connectivity index (χ1) is 19.4. The number of rotatable bonds is 6. The number of halogens is 1. The third-order valence-corrected chi connectivity index (χ3v) is 7.49. The molecule has 4 aromatic heterocycles. The Morgan fingerprint density at radius 3 is 2.77 bits per heavy atom. The Hall–Kier alpha value is -4.33. The van der Waals surface area contributed by atoms with Gasteiger partial charge in [-0.2, -0.15) is 5.10 Å². The second kappa shape index (κ2) is 9.40. The Morgan fingerprint density at radius 2 is 2.00 bits per heavy atom. The lowest BCUT2D eigenvalue weighted by molar-refractivity contribution is -0.0410. The summed E-state index contributed by atoms with van der Waals surface area (Å²) < 4.78 is 30.7. The highest BCUT2D eigenvalue weighted by Gasteiger charge is 2.46. The quantitative estimate of drug-likeness (QED) is 0.288. The molecule has 0 aliphatic carbocycles. The summed E-state index contributed by atoms with van der Waals surface area (Å²) in [5, 5.41) is 16.7. The van der Waals surface area contributed by atoms with Gasteiger partial charge in [0.15, 0.2) is 12.4 Å². The van der Waals surface area contributed by atoms with E-state index in [1.54, 1.807) is 24.1 Å². The molecule has 12 nitrogen and oxygen atoms in total. The van der Waals surface area contributed by atoms with E-state index in [2.05, 4.69) is 20.0 Å². The normalized spacial score (nSPS) is 23.2. The molecule has 2 saturated heterocycles. The van der Waals surface area contributed by atoms with Crippen LogP contribution in [0.3, 0.4) is 0 Å². The number of nitrogens with zero attached hydrogens (tertiary/aromatic N) is 7. The lowest BCUT2D eigenvalue weighted by Crippen LogP contribution is -2.56. The van der Waals surface area contributed by atoms with E-state index in [4.69, 9.17) is 25.9 Å². The van der Waals surface area contributed by atoms with E-state index >= 15 is 4.39 Å². The van der Waals surface area contributed by atoms with Crippen molar-refractivity contribution >= 4 is 33.6 Å². The van der Waals surface area contributed by atoms with Crippen molar-refractivity contribution in [1.82, 2.24) is 29.3 Å². The van der Waals surface area contributed by atoms with Crippen molar-refractivity contribution in [3.05, 3.63) is 55.1 Å². The number of nitrogens with two attached hydrogens (primary N) is 2. The molecule has 13 heteroatoms. The smallest absolute Gasteiger partial charge is 0.173 e. The number of benzene rings is 1. The minimum Gasteiger partial charge on any atom is -0.491 e. The maximum absolute atomic E-state index is 15.5. The van der Waals surface area contributed by atoms with Gasteiger partial charge in [-0.3, -0.25) is 4.68 Å². The second-order valence-electron chi connectivity index (χ2n) is 10.3. The molecule has 0 bridgehead atoms. The van der Waals surface area contributed by atoms with E-state index in [0.29, 0.717) is 28.0 Å². The van der Waals surface area contributed by atoms with E-state index in [9.17, 15) is 5.11 Å². The van der Waals surface area contributed by atoms with E-state index in [0.717, 1.165) is 29.8 Å². The molecular weight excluding hydrogens is 517 g/mol. The van der Waals surface area contributed by atoms with Gasteiger partial charge in [-0.05, 0) is 30.3 Å². The Labute approximate surface area is 227 Å². The number of hydrogen-bond acceptors (Lipinski definition) is 10. The SMILES string of the molecule is Cn1ccc(-c2cn([C@@H]3O[C@H](COc4ccc5ccc(N6CC(N)C6)nc5c4)[C@@H](O)[C@@H]3F)c3ncnc(N)c23)n1. The van der Waals surface area contributed by atoms with Crippen molar-refractivity contribution < 1.29 is 19.0 Å². The van der Waals surface area contributed by atoms with Crippen LogP contribution in [-0.4, -0.2) is 78.5 Å². The van der Waals surface area contributed by atoms with Gasteiger partial charge in [-0.25, -0.2) is 19.3 Å². The minimum atomic E-state index is -1.74. The molecule has 5 N–H and O–H groups in total. The zero-order valence-corrected chi connectivity index (χ0v) is 21.6. The van der Waals surface area contributed by atoms with Crippen molar-refractivity contribution in [3.63, 3.8) is 0 Å². The van der Waals surface area contributed by atoms with Crippen LogP contribution >= 0.6 is 0 Å². The topological polar surface area (TPSA) is 155 Å². The van der Waals surface area contributed by atoms with Gasteiger partial charge >= 0.3 is 0 Å². The number of aryl methyl sites for hydroxylation is 1. The Morgan fingerprint density at radius 1 is 1.18 bits per heavy atom. The number of fused-ring (bicyclic) bond motifs is 2. The number of alkyl halides is 1. The number of nitrogen functional groups attached to an aromatic ring is 1. The van der Waals surface area contributed by atoms with Gasteiger partial charge in [0.2, 0.25) is 0 Å². The average Bonchev–Trinajstić information content (AvgIpc) is 3.61. The molecule has 6 heterocycles. The first-order valence-electron chi connectivity index (χ1n) is 13.0. The summed E-state index contributed by atoms with van der Waals surface area (Å²) in [5.74, 6) is 1.64. The standard InChI is InChI=1S/C27H28FN9O3/c1-35-7-6-18(34-35)17-11-37(26-22(17)25(30)31-13-32-26)27-23(28)24(38)20(40-27)12-39-16-4-2-14-3-5-21(33-19(14)8-16)36-9-15(29)10-36/h2-8,11,13,15,20,23-24,27,38H,9-10,12,29H2,1H3,(H2,30,31,32)/t20-,23+,24-,27-/m1/s1. The summed E-state index contributed by atoms with van der Waals surface area (Å²) in [7, 11) is 1.80. The number of aliphatic hydroxyl groups is 1. The van der Waals surface area contributed by atoms with Gasteiger partial charge in [0, 0.05) is 55.6 Å². The van der Waals surface area contributed by atoms with E-state index in [-0.39, 0.29) is 18.5 Å². The summed E-state index contributed by atoms with van der Waals surface area (Å²) >= 11 is 0. The van der Waals surface area contributed by atoms with Gasteiger partial charge in [0.05, 0.1) is 16.6 Å². The third-order valence-electron chi connectivity index (χ3n) is 7.49. The molecule has 40 heavy (non-hydrogen) atoms. The van der Waals surface area contributed by atoms with Crippen molar-refractivity contribution in [2.75, 3.05) is 30.3 Å². The van der Waals surface area contributed by atoms with Crippen molar-refractivity contribution in [3.8, 4) is 17.0 Å². The van der Waals surface area contributed by atoms with Crippen LogP contribution in [0.1, 0.15) is 6.23 Å².